The molecule has 0 unspecified atom stereocenters. The average Bonchev–Trinajstić information content (AvgIpc) is 2.49. The van der Waals surface area contributed by atoms with Gasteiger partial charge in [0, 0.05) is 13.2 Å². The van der Waals surface area contributed by atoms with Gasteiger partial charge in [-0.1, -0.05) is 0 Å². The molecule has 0 amide bonds. The Kier molecular flexibility index (Phi) is 3.43. The Labute approximate surface area is 86.8 Å². The molecule has 6 heteroatoms. The highest BCUT2D eigenvalue weighted by Gasteiger charge is 2.17. The summed E-state index contributed by atoms with van der Waals surface area (Å²) in [6.07, 6.45) is 0.236. The molecule has 0 aromatic carbocycles. The first-order chi connectivity index (χ1) is 6.99. The normalized spacial score (nSPS) is 10.1. The molecule has 0 aliphatic heterocycles. The van der Waals surface area contributed by atoms with Gasteiger partial charge in [-0.15, -0.1) is 0 Å². The molecule has 0 atom stereocenters. The molecule has 0 saturated carbocycles. The summed E-state index contributed by atoms with van der Waals surface area (Å²) >= 11 is 0. The average molecular weight is 212 g/mol. The van der Waals surface area contributed by atoms with Crippen molar-refractivity contribution in [2.24, 2.45) is 7.05 Å². The van der Waals surface area contributed by atoms with E-state index in [1.807, 2.05) is 0 Å². The van der Waals surface area contributed by atoms with Gasteiger partial charge in [-0.05, 0) is 19.9 Å². The maximum absolute atomic E-state index is 11.3. The summed E-state index contributed by atoms with van der Waals surface area (Å²) in [6.45, 7) is 3.32. The Balaban J connectivity index is 2.53. The molecule has 0 fully saturated rings. The smallest absolute Gasteiger partial charge is 0.431 e. The first-order valence-corrected chi connectivity index (χ1v) is 4.41. The monoisotopic (exact) mass is 212 g/mol. The van der Waals surface area contributed by atoms with Crippen LogP contribution in [0.1, 0.15) is 24.3 Å². The van der Waals surface area contributed by atoms with Crippen LogP contribution in [0.2, 0.25) is 0 Å². The van der Waals surface area contributed by atoms with Crippen LogP contribution in [0.5, 0.6) is 0 Å². The topological polar surface area (TPSA) is 70.4 Å². The fraction of sp³-hybridized carbons (Fsp3) is 0.444. The second-order valence-electron chi connectivity index (χ2n) is 3.18. The standard InChI is InChI=1S/C9H12N2O4/c1-6(2)14-9(13)15-8(12)7-4-5-11(3)10-7/h4-6H,1-3H3. The zero-order valence-electron chi connectivity index (χ0n) is 8.76. The molecule has 1 aromatic heterocycles. The van der Waals surface area contributed by atoms with Gasteiger partial charge in [0.25, 0.3) is 0 Å². The minimum Gasteiger partial charge on any atom is -0.431 e. The largest absolute Gasteiger partial charge is 0.516 e. The van der Waals surface area contributed by atoms with Crippen molar-refractivity contribution in [2.75, 3.05) is 0 Å². The molecule has 1 aromatic rings. The predicted molar refractivity (Wildman–Crippen MR) is 50.2 cm³/mol. The van der Waals surface area contributed by atoms with E-state index in [0.717, 1.165) is 0 Å². The van der Waals surface area contributed by atoms with E-state index in [-0.39, 0.29) is 11.8 Å². The SMILES string of the molecule is CC(C)OC(=O)OC(=O)c1ccn(C)n1. The van der Waals surface area contributed by atoms with E-state index in [2.05, 4.69) is 14.6 Å². The number of nitrogens with zero attached hydrogens (tertiary/aromatic N) is 2. The number of aryl methyl sites for hydroxylation is 1. The lowest BCUT2D eigenvalue weighted by Gasteiger charge is -2.05. The van der Waals surface area contributed by atoms with Crippen LogP contribution in [-0.2, 0) is 16.5 Å². The maximum Gasteiger partial charge on any atom is 0.516 e. The van der Waals surface area contributed by atoms with Crippen molar-refractivity contribution >= 4 is 12.1 Å². The highest BCUT2D eigenvalue weighted by Crippen LogP contribution is 2.00. The number of hydrogen-bond acceptors (Lipinski definition) is 5. The summed E-state index contributed by atoms with van der Waals surface area (Å²) in [6, 6.07) is 1.45. The Hall–Kier alpha value is -1.85. The summed E-state index contributed by atoms with van der Waals surface area (Å²) in [4.78, 5) is 22.2. The number of esters is 1. The second-order valence-corrected chi connectivity index (χ2v) is 3.18. The molecule has 0 saturated heterocycles. The summed E-state index contributed by atoms with van der Waals surface area (Å²) in [5.41, 5.74) is 0.0678. The van der Waals surface area contributed by atoms with Gasteiger partial charge in [-0.3, -0.25) is 4.68 Å². The minimum absolute atomic E-state index is 0.0678. The van der Waals surface area contributed by atoms with Gasteiger partial charge in [-0.2, -0.15) is 5.10 Å². The third kappa shape index (κ3) is 3.41. The van der Waals surface area contributed by atoms with E-state index in [0.29, 0.717) is 0 Å². The fourth-order valence-corrected chi connectivity index (χ4v) is 0.868. The highest BCUT2D eigenvalue weighted by molar-refractivity contribution is 5.93. The zero-order valence-corrected chi connectivity index (χ0v) is 8.76. The summed E-state index contributed by atoms with van der Waals surface area (Å²) < 4.78 is 10.5. The van der Waals surface area contributed by atoms with Gasteiger partial charge in [0.1, 0.15) is 0 Å². The van der Waals surface area contributed by atoms with Crippen LogP contribution >= 0.6 is 0 Å². The van der Waals surface area contributed by atoms with Crippen molar-refractivity contribution in [3.05, 3.63) is 18.0 Å². The van der Waals surface area contributed by atoms with Gasteiger partial charge >= 0.3 is 12.1 Å². The lowest BCUT2D eigenvalue weighted by Crippen LogP contribution is -2.17. The lowest BCUT2D eigenvalue weighted by atomic mass is 10.4. The zero-order chi connectivity index (χ0) is 11.4. The molecule has 1 rings (SSSR count). The molecule has 0 spiro atoms. The van der Waals surface area contributed by atoms with Crippen LogP contribution in [-0.4, -0.2) is 28.0 Å². The quantitative estimate of drug-likeness (QED) is 0.542. The molecule has 6 nitrogen and oxygen atoms in total. The maximum atomic E-state index is 11.3. The van der Waals surface area contributed by atoms with Crippen molar-refractivity contribution in [1.82, 2.24) is 9.78 Å². The van der Waals surface area contributed by atoms with Gasteiger partial charge in [0.15, 0.2) is 5.69 Å². The lowest BCUT2D eigenvalue weighted by molar-refractivity contribution is 0.0278. The van der Waals surface area contributed by atoms with E-state index >= 15 is 0 Å². The molecule has 0 radical (unpaired) electrons. The number of carbonyl (C=O) groups is 2. The predicted octanol–water partition coefficient (Wildman–Crippen LogP) is 1.12. The van der Waals surface area contributed by atoms with Crippen LogP contribution in [0.15, 0.2) is 12.3 Å². The number of carbonyl (C=O) groups excluding carboxylic acids is 2. The van der Waals surface area contributed by atoms with E-state index in [1.165, 1.54) is 10.7 Å². The van der Waals surface area contributed by atoms with E-state index in [9.17, 15) is 9.59 Å². The van der Waals surface area contributed by atoms with Crippen LogP contribution in [0, 0.1) is 0 Å². The molecule has 82 valence electrons. The van der Waals surface area contributed by atoms with Crippen LogP contribution in [0.3, 0.4) is 0 Å². The molecular weight excluding hydrogens is 200 g/mol. The Morgan fingerprint density at radius 3 is 2.60 bits per heavy atom. The number of hydrogen-bond donors (Lipinski definition) is 0. The number of ether oxygens (including phenoxy) is 2. The van der Waals surface area contributed by atoms with Crippen molar-refractivity contribution in [1.29, 1.82) is 0 Å². The fourth-order valence-electron chi connectivity index (χ4n) is 0.868. The molecular formula is C9H12N2O4. The van der Waals surface area contributed by atoms with E-state index in [4.69, 9.17) is 0 Å². The Morgan fingerprint density at radius 1 is 1.47 bits per heavy atom. The summed E-state index contributed by atoms with van der Waals surface area (Å²) in [7, 11) is 1.66. The van der Waals surface area contributed by atoms with Crippen molar-refractivity contribution in [2.45, 2.75) is 20.0 Å². The van der Waals surface area contributed by atoms with Gasteiger partial charge in [0.2, 0.25) is 0 Å². The highest BCUT2D eigenvalue weighted by atomic mass is 16.7. The number of rotatable bonds is 2. The second kappa shape index (κ2) is 4.59. The van der Waals surface area contributed by atoms with Crippen LogP contribution in [0.25, 0.3) is 0 Å². The molecule has 0 N–H and O–H groups in total. The molecule has 1 heterocycles. The third-order valence-corrected chi connectivity index (χ3v) is 1.43. The Morgan fingerprint density at radius 2 is 2.13 bits per heavy atom. The van der Waals surface area contributed by atoms with Crippen LogP contribution in [0.4, 0.5) is 4.79 Å². The minimum atomic E-state index is -1.01. The van der Waals surface area contributed by atoms with Crippen LogP contribution < -0.4 is 0 Å². The summed E-state index contributed by atoms with van der Waals surface area (Å²) in [5, 5.41) is 3.78. The molecule has 0 bridgehead atoms. The molecule has 0 aliphatic carbocycles. The molecule has 15 heavy (non-hydrogen) atoms. The third-order valence-electron chi connectivity index (χ3n) is 1.43. The summed E-state index contributed by atoms with van der Waals surface area (Å²) in [5.74, 6) is -0.818. The van der Waals surface area contributed by atoms with Gasteiger partial charge in [0.05, 0.1) is 6.10 Å². The Bertz CT molecular complexity index is 370. The molecule has 0 aliphatic rings. The number of aromatic nitrogens is 2. The van der Waals surface area contributed by atoms with E-state index in [1.54, 1.807) is 27.1 Å². The van der Waals surface area contributed by atoms with E-state index < -0.39 is 12.1 Å². The van der Waals surface area contributed by atoms with Crippen molar-refractivity contribution in [3.8, 4) is 0 Å². The first kappa shape index (κ1) is 11.2. The van der Waals surface area contributed by atoms with Gasteiger partial charge < -0.3 is 9.47 Å². The first-order valence-electron chi connectivity index (χ1n) is 4.41. The van der Waals surface area contributed by atoms with Crippen molar-refractivity contribution < 1.29 is 19.1 Å². The van der Waals surface area contributed by atoms with Gasteiger partial charge in [-0.25, -0.2) is 9.59 Å². The van der Waals surface area contributed by atoms with Crippen molar-refractivity contribution in [3.63, 3.8) is 0 Å².